The minimum absolute atomic E-state index is 0.0359. The Balaban J connectivity index is 3.03. The largest absolute Gasteiger partial charge is 0.443 e. The highest BCUT2D eigenvalue weighted by Crippen LogP contribution is 2.22. The van der Waals surface area contributed by atoms with Crippen molar-refractivity contribution in [3.8, 4) is 0 Å². The van der Waals surface area contributed by atoms with Gasteiger partial charge in [0.05, 0.1) is 18.5 Å². The minimum atomic E-state index is -0.940. The first-order chi connectivity index (χ1) is 11.7. The molecule has 1 amide bonds. The van der Waals surface area contributed by atoms with E-state index in [9.17, 15) is 9.90 Å². The van der Waals surface area contributed by atoms with Crippen LogP contribution in [0.25, 0.3) is 0 Å². The highest BCUT2D eigenvalue weighted by molar-refractivity contribution is 6.67. The number of ether oxygens (including phenoxy) is 1. The van der Waals surface area contributed by atoms with Gasteiger partial charge in [-0.1, -0.05) is 25.4 Å². The lowest BCUT2D eigenvalue weighted by atomic mass is 9.95. The van der Waals surface area contributed by atoms with Crippen LogP contribution in [0, 0.1) is 11.3 Å². The molecule has 0 fully saturated rings. The summed E-state index contributed by atoms with van der Waals surface area (Å²) < 4.78 is 5.54. The highest BCUT2D eigenvalue weighted by Gasteiger charge is 2.33. The second-order valence-electron chi connectivity index (χ2n) is 6.33. The molecule has 0 aliphatic carbocycles. The van der Waals surface area contributed by atoms with Crippen molar-refractivity contribution in [1.29, 1.82) is 5.41 Å². The molecule has 8 heteroatoms. The molecule has 25 heavy (non-hydrogen) atoms. The lowest BCUT2D eigenvalue weighted by Gasteiger charge is -2.34. The molecule has 1 aromatic rings. The molecule has 1 aromatic heterocycles. The molecule has 1 unspecified atom stereocenters. The Bertz CT molecular complexity index is 605. The zero-order valence-electron chi connectivity index (χ0n) is 14.9. The maximum absolute atomic E-state index is 12.6. The Morgan fingerprint density at radius 2 is 2.24 bits per heavy atom. The van der Waals surface area contributed by atoms with Crippen LogP contribution in [-0.2, 0) is 4.74 Å². The van der Waals surface area contributed by atoms with Gasteiger partial charge in [0.15, 0.2) is 0 Å². The number of amides is 1. The monoisotopic (exact) mass is 368 g/mol. The number of hydrogen-bond acceptors (Lipinski definition) is 6. The number of nitrogens with zero attached hydrogens (tertiary/aromatic N) is 3. The molecule has 0 saturated carbocycles. The van der Waals surface area contributed by atoms with E-state index in [0.717, 1.165) is 0 Å². The molecule has 1 rings (SSSR count). The van der Waals surface area contributed by atoms with Gasteiger partial charge in [0.1, 0.15) is 16.8 Å². The molecule has 0 saturated heterocycles. The van der Waals surface area contributed by atoms with Gasteiger partial charge in [-0.25, -0.2) is 4.79 Å². The van der Waals surface area contributed by atoms with E-state index in [4.69, 9.17) is 21.7 Å². The summed E-state index contributed by atoms with van der Waals surface area (Å²) in [7, 11) is 0. The predicted molar refractivity (Wildman–Crippen MR) is 98.9 cm³/mol. The third-order valence-electron chi connectivity index (χ3n) is 3.92. The smallest absolute Gasteiger partial charge is 0.411 e. The van der Waals surface area contributed by atoms with Crippen LogP contribution in [0.15, 0.2) is 29.5 Å². The number of aliphatic imine (C=N–C) groups is 1. The van der Waals surface area contributed by atoms with Crippen molar-refractivity contribution < 1.29 is 14.6 Å². The first-order valence-electron chi connectivity index (χ1n) is 7.97. The van der Waals surface area contributed by atoms with Gasteiger partial charge in [-0.15, -0.1) is 0 Å². The fourth-order valence-corrected chi connectivity index (χ4v) is 1.90. The number of pyridine rings is 1. The van der Waals surface area contributed by atoms with Gasteiger partial charge in [0.2, 0.25) is 0 Å². The van der Waals surface area contributed by atoms with E-state index in [0.29, 0.717) is 5.69 Å². The van der Waals surface area contributed by atoms with Crippen molar-refractivity contribution in [2.45, 2.75) is 39.3 Å². The zero-order chi connectivity index (χ0) is 19.0. The summed E-state index contributed by atoms with van der Waals surface area (Å²) in [5.74, 6) is 0.0883. The molecule has 1 atom stereocenters. The van der Waals surface area contributed by atoms with E-state index in [-0.39, 0.29) is 24.2 Å². The van der Waals surface area contributed by atoms with Crippen molar-refractivity contribution in [2.24, 2.45) is 10.9 Å². The predicted octanol–water partition coefficient (Wildman–Crippen LogP) is 3.23. The molecule has 138 valence electrons. The van der Waals surface area contributed by atoms with Crippen molar-refractivity contribution >= 4 is 34.8 Å². The maximum atomic E-state index is 12.6. The van der Waals surface area contributed by atoms with Crippen LogP contribution in [0.2, 0.25) is 0 Å². The first kappa shape index (κ1) is 21.1. The molecule has 2 N–H and O–H groups in total. The van der Waals surface area contributed by atoms with Gasteiger partial charge in [0, 0.05) is 19.0 Å². The van der Waals surface area contributed by atoms with E-state index in [1.54, 1.807) is 38.4 Å². The van der Waals surface area contributed by atoms with Crippen LogP contribution >= 0.6 is 11.6 Å². The summed E-state index contributed by atoms with van der Waals surface area (Å²) in [5.41, 5.74) is -0.144. The van der Waals surface area contributed by atoms with Gasteiger partial charge >= 0.3 is 6.09 Å². The van der Waals surface area contributed by atoms with Crippen molar-refractivity contribution in [1.82, 2.24) is 9.88 Å². The average Bonchev–Trinajstić information content (AvgIpc) is 2.54. The molecule has 1 heterocycles. The number of aliphatic hydroxyl groups excluding tert-OH is 1. The van der Waals surface area contributed by atoms with E-state index in [2.05, 4.69) is 9.98 Å². The molecular formula is C17H25ClN4O3. The Morgan fingerprint density at radius 3 is 2.72 bits per heavy atom. The SMILES string of the molecule is CC(C)C(C)(C)OC(=O)N(CCO)C(C=Nc1cccnc1)C(=N)Cl. The summed E-state index contributed by atoms with van der Waals surface area (Å²) in [6.07, 6.45) is 3.86. The van der Waals surface area contributed by atoms with Crippen LogP contribution in [0.1, 0.15) is 27.7 Å². The lowest BCUT2D eigenvalue weighted by molar-refractivity contribution is -0.0164. The first-order valence-corrected chi connectivity index (χ1v) is 8.35. The number of aliphatic hydroxyl groups is 1. The lowest BCUT2D eigenvalue weighted by Crippen LogP contribution is -2.49. The van der Waals surface area contributed by atoms with Crippen LogP contribution in [0.5, 0.6) is 0 Å². The van der Waals surface area contributed by atoms with Crippen molar-refractivity contribution in [3.05, 3.63) is 24.5 Å². The normalized spacial score (nSPS) is 13.1. The second-order valence-corrected chi connectivity index (χ2v) is 6.73. The Morgan fingerprint density at radius 1 is 1.56 bits per heavy atom. The number of hydrogen-bond donors (Lipinski definition) is 2. The number of halogens is 1. The summed E-state index contributed by atoms with van der Waals surface area (Å²) in [6.45, 7) is 7.16. The Hall–Kier alpha value is -1.99. The van der Waals surface area contributed by atoms with Crippen LogP contribution in [-0.4, -0.2) is 57.3 Å². The van der Waals surface area contributed by atoms with Gasteiger partial charge in [-0.3, -0.25) is 20.3 Å². The molecule has 7 nitrogen and oxygen atoms in total. The van der Waals surface area contributed by atoms with Crippen LogP contribution < -0.4 is 0 Å². The van der Waals surface area contributed by atoms with Crippen LogP contribution in [0.3, 0.4) is 0 Å². The summed E-state index contributed by atoms with van der Waals surface area (Å²) >= 11 is 5.86. The van der Waals surface area contributed by atoms with Crippen LogP contribution in [0.4, 0.5) is 10.5 Å². The summed E-state index contributed by atoms with van der Waals surface area (Å²) in [6, 6.07) is 2.51. The number of rotatable bonds is 8. The fourth-order valence-electron chi connectivity index (χ4n) is 1.72. The number of nitrogens with one attached hydrogen (secondary N) is 1. The van der Waals surface area contributed by atoms with E-state index < -0.39 is 17.7 Å². The van der Waals surface area contributed by atoms with Gasteiger partial charge in [-0.05, 0) is 31.9 Å². The maximum Gasteiger partial charge on any atom is 0.411 e. The Kier molecular flexibility index (Phi) is 7.99. The fraction of sp³-hybridized carbons (Fsp3) is 0.529. The number of carbonyl (C=O) groups excluding carboxylic acids is 1. The molecule has 0 aliphatic heterocycles. The average molecular weight is 369 g/mol. The quantitative estimate of drug-likeness (QED) is 0.688. The number of carbonyl (C=O) groups is 1. The molecule has 0 bridgehead atoms. The van der Waals surface area contributed by atoms with E-state index >= 15 is 0 Å². The van der Waals surface area contributed by atoms with E-state index in [1.807, 2.05) is 13.8 Å². The topological polar surface area (TPSA) is 98.9 Å². The van der Waals surface area contributed by atoms with Gasteiger partial charge in [-0.2, -0.15) is 0 Å². The second kappa shape index (κ2) is 9.48. The third-order valence-corrected chi connectivity index (χ3v) is 4.15. The Labute approximate surface area is 153 Å². The molecule has 0 aromatic carbocycles. The van der Waals surface area contributed by atoms with Crippen molar-refractivity contribution in [2.75, 3.05) is 13.2 Å². The molecule has 0 radical (unpaired) electrons. The van der Waals surface area contributed by atoms with E-state index in [1.165, 1.54) is 11.1 Å². The third kappa shape index (κ3) is 6.43. The van der Waals surface area contributed by atoms with Gasteiger partial charge in [0.25, 0.3) is 0 Å². The van der Waals surface area contributed by atoms with Crippen molar-refractivity contribution in [3.63, 3.8) is 0 Å². The highest BCUT2D eigenvalue weighted by atomic mass is 35.5. The molecule has 0 spiro atoms. The van der Waals surface area contributed by atoms with Gasteiger partial charge < -0.3 is 9.84 Å². The minimum Gasteiger partial charge on any atom is -0.443 e. The zero-order valence-corrected chi connectivity index (χ0v) is 15.7. The summed E-state index contributed by atoms with van der Waals surface area (Å²) in [5, 5.41) is 16.7. The summed E-state index contributed by atoms with van der Waals surface area (Å²) in [4.78, 5) is 21.9. The molecular weight excluding hydrogens is 344 g/mol. The standard InChI is InChI=1S/C17H25ClN4O3/c1-12(2)17(3,4)25-16(24)22(8-9-23)14(15(18)19)11-21-13-6-5-7-20-10-13/h5-7,10-12,14,19,23H,8-9H2,1-4H3. The number of aromatic nitrogens is 1. The molecule has 0 aliphatic rings.